The first kappa shape index (κ1) is 19.9. The Kier molecular flexibility index (Phi) is 5.40. The quantitative estimate of drug-likeness (QED) is 0.489. The molecule has 3 heterocycles. The summed E-state index contributed by atoms with van der Waals surface area (Å²) in [5.41, 5.74) is 1.41. The predicted octanol–water partition coefficient (Wildman–Crippen LogP) is 4.51. The smallest absolute Gasteiger partial charge is 0.319 e. The van der Waals surface area contributed by atoms with Gasteiger partial charge >= 0.3 is 6.18 Å². The molecule has 0 saturated carbocycles. The first-order chi connectivity index (χ1) is 14.4. The van der Waals surface area contributed by atoms with E-state index in [4.69, 9.17) is 0 Å². The largest absolute Gasteiger partial charge is 0.435 e. The Hall–Kier alpha value is -3.40. The number of amides is 1. The number of thiophene rings is 1. The molecular formula is C20H16F3N5OS. The van der Waals surface area contributed by atoms with E-state index < -0.39 is 11.9 Å². The van der Waals surface area contributed by atoms with Gasteiger partial charge in [0.1, 0.15) is 0 Å². The third-order valence-electron chi connectivity index (χ3n) is 4.23. The molecule has 1 N–H and O–H groups in total. The first-order valence-electron chi connectivity index (χ1n) is 8.92. The van der Waals surface area contributed by atoms with Crippen molar-refractivity contribution in [3.8, 4) is 0 Å². The first-order valence-corrected chi connectivity index (χ1v) is 9.80. The molecule has 1 amide bonds. The lowest BCUT2D eigenvalue weighted by Crippen LogP contribution is -2.10. The minimum Gasteiger partial charge on any atom is -0.319 e. The van der Waals surface area contributed by atoms with Crippen molar-refractivity contribution in [2.75, 3.05) is 5.32 Å². The van der Waals surface area contributed by atoms with Gasteiger partial charge in [0.05, 0.1) is 29.9 Å². The van der Waals surface area contributed by atoms with Crippen molar-refractivity contribution in [1.29, 1.82) is 0 Å². The predicted molar refractivity (Wildman–Crippen MR) is 106 cm³/mol. The number of nitrogens with one attached hydrogen (secondary N) is 1. The van der Waals surface area contributed by atoms with Gasteiger partial charge in [-0.15, -0.1) is 11.3 Å². The van der Waals surface area contributed by atoms with E-state index in [1.807, 2.05) is 30.3 Å². The Labute approximate surface area is 173 Å². The molecule has 4 rings (SSSR count). The molecule has 0 unspecified atom stereocenters. The SMILES string of the molecule is O=C(Nc1cnn(Cc2ccccc2)c1)c1cc(Cn2ccc(C(F)(F)F)n2)cs1. The normalized spacial score (nSPS) is 11.6. The second-order valence-electron chi connectivity index (χ2n) is 6.58. The van der Waals surface area contributed by atoms with Gasteiger partial charge in [0, 0.05) is 12.4 Å². The average Bonchev–Trinajstić information content (AvgIpc) is 3.44. The van der Waals surface area contributed by atoms with Crippen molar-refractivity contribution < 1.29 is 18.0 Å². The fourth-order valence-electron chi connectivity index (χ4n) is 2.84. The van der Waals surface area contributed by atoms with Crippen molar-refractivity contribution in [2.24, 2.45) is 0 Å². The van der Waals surface area contributed by atoms with Crippen molar-refractivity contribution >= 4 is 22.9 Å². The number of carbonyl (C=O) groups excluding carboxylic acids is 1. The highest BCUT2D eigenvalue weighted by Gasteiger charge is 2.33. The van der Waals surface area contributed by atoms with Gasteiger partial charge < -0.3 is 5.32 Å². The number of rotatable bonds is 6. The van der Waals surface area contributed by atoms with Crippen LogP contribution in [0.5, 0.6) is 0 Å². The average molecular weight is 431 g/mol. The Morgan fingerprint density at radius 1 is 1.07 bits per heavy atom. The summed E-state index contributed by atoms with van der Waals surface area (Å²) in [6, 6.07) is 12.4. The van der Waals surface area contributed by atoms with Gasteiger partial charge in [-0.2, -0.15) is 23.4 Å². The van der Waals surface area contributed by atoms with Crippen molar-refractivity contribution in [3.05, 3.63) is 88.1 Å². The van der Waals surface area contributed by atoms with Gasteiger partial charge in [-0.25, -0.2) is 0 Å². The van der Waals surface area contributed by atoms with Gasteiger partial charge in [-0.05, 0) is 28.6 Å². The zero-order chi connectivity index (χ0) is 21.1. The molecule has 4 aromatic rings. The van der Waals surface area contributed by atoms with Crippen LogP contribution in [0.3, 0.4) is 0 Å². The number of anilines is 1. The lowest BCUT2D eigenvalue weighted by molar-refractivity contribution is -0.141. The third kappa shape index (κ3) is 4.77. The van der Waals surface area contributed by atoms with E-state index in [-0.39, 0.29) is 12.5 Å². The van der Waals surface area contributed by atoms with Gasteiger partial charge in [-0.3, -0.25) is 14.2 Å². The second-order valence-corrected chi connectivity index (χ2v) is 7.49. The fraction of sp³-hybridized carbons (Fsp3) is 0.150. The van der Waals surface area contributed by atoms with Crippen LogP contribution in [0.15, 0.2) is 66.4 Å². The highest BCUT2D eigenvalue weighted by Crippen LogP contribution is 2.27. The number of benzene rings is 1. The van der Waals surface area contributed by atoms with E-state index in [2.05, 4.69) is 15.5 Å². The van der Waals surface area contributed by atoms with E-state index in [9.17, 15) is 18.0 Å². The zero-order valence-electron chi connectivity index (χ0n) is 15.5. The maximum absolute atomic E-state index is 12.6. The Morgan fingerprint density at radius 3 is 2.57 bits per heavy atom. The molecule has 1 aromatic carbocycles. The summed E-state index contributed by atoms with van der Waals surface area (Å²) in [6.07, 6.45) is 0.0941. The molecule has 0 fully saturated rings. The van der Waals surface area contributed by atoms with Crippen LogP contribution in [0, 0.1) is 0 Å². The molecule has 0 atom stereocenters. The molecule has 6 nitrogen and oxygen atoms in total. The van der Waals surface area contributed by atoms with Gasteiger partial charge in [0.25, 0.3) is 5.91 Å². The lowest BCUT2D eigenvalue weighted by Gasteiger charge is -2.02. The molecule has 0 bridgehead atoms. The summed E-state index contributed by atoms with van der Waals surface area (Å²) in [5, 5.41) is 12.3. The number of hydrogen-bond acceptors (Lipinski definition) is 4. The van der Waals surface area contributed by atoms with E-state index in [0.717, 1.165) is 11.6 Å². The van der Waals surface area contributed by atoms with Crippen LogP contribution in [0.4, 0.5) is 18.9 Å². The molecular weight excluding hydrogens is 415 g/mol. The standard InChI is InChI=1S/C20H16F3N5OS/c21-20(22,23)18-6-7-27(26-18)11-15-8-17(30-13-15)19(29)25-16-9-24-28(12-16)10-14-4-2-1-3-5-14/h1-9,12-13H,10-11H2,(H,25,29). The maximum Gasteiger partial charge on any atom is 0.435 e. The summed E-state index contributed by atoms with van der Waals surface area (Å²) in [5.74, 6) is -0.304. The van der Waals surface area contributed by atoms with Crippen molar-refractivity contribution in [3.63, 3.8) is 0 Å². The molecule has 0 saturated heterocycles. The van der Waals surface area contributed by atoms with E-state index in [1.54, 1.807) is 28.5 Å². The van der Waals surface area contributed by atoms with E-state index in [0.29, 0.717) is 22.7 Å². The van der Waals surface area contributed by atoms with E-state index >= 15 is 0 Å². The second kappa shape index (κ2) is 8.15. The van der Waals surface area contributed by atoms with Crippen LogP contribution < -0.4 is 5.32 Å². The number of alkyl halides is 3. The van der Waals surface area contributed by atoms with Crippen LogP contribution in [-0.4, -0.2) is 25.5 Å². The maximum atomic E-state index is 12.6. The van der Waals surface area contributed by atoms with Gasteiger partial charge in [0.15, 0.2) is 5.69 Å². The third-order valence-corrected chi connectivity index (χ3v) is 5.21. The lowest BCUT2D eigenvalue weighted by atomic mass is 10.2. The van der Waals surface area contributed by atoms with Crippen molar-refractivity contribution in [2.45, 2.75) is 19.3 Å². The van der Waals surface area contributed by atoms with Crippen molar-refractivity contribution in [1.82, 2.24) is 19.6 Å². The number of halogens is 3. The van der Waals surface area contributed by atoms with Gasteiger partial charge in [0.2, 0.25) is 0 Å². The Bertz CT molecular complexity index is 1150. The number of hydrogen-bond donors (Lipinski definition) is 1. The monoisotopic (exact) mass is 431 g/mol. The fourth-order valence-corrected chi connectivity index (χ4v) is 3.64. The molecule has 0 aliphatic rings. The number of carbonyl (C=O) groups is 1. The molecule has 0 aliphatic heterocycles. The zero-order valence-corrected chi connectivity index (χ0v) is 16.3. The highest BCUT2D eigenvalue weighted by atomic mass is 32.1. The summed E-state index contributed by atoms with van der Waals surface area (Å²) in [6.45, 7) is 0.735. The van der Waals surface area contributed by atoms with Gasteiger partial charge in [-0.1, -0.05) is 30.3 Å². The molecule has 30 heavy (non-hydrogen) atoms. The molecule has 10 heteroatoms. The Balaban J connectivity index is 1.37. The molecule has 154 valence electrons. The highest BCUT2D eigenvalue weighted by molar-refractivity contribution is 7.12. The Morgan fingerprint density at radius 2 is 1.83 bits per heavy atom. The van der Waals surface area contributed by atoms with Crippen LogP contribution in [-0.2, 0) is 19.3 Å². The minimum atomic E-state index is -4.48. The number of nitrogens with zero attached hydrogens (tertiary/aromatic N) is 4. The van der Waals surface area contributed by atoms with E-state index in [1.165, 1.54) is 22.2 Å². The summed E-state index contributed by atoms with van der Waals surface area (Å²) >= 11 is 1.22. The summed E-state index contributed by atoms with van der Waals surface area (Å²) < 4.78 is 40.9. The minimum absolute atomic E-state index is 0.148. The van der Waals surface area contributed by atoms with Crippen LogP contribution in [0.25, 0.3) is 0 Å². The summed E-state index contributed by atoms with van der Waals surface area (Å²) in [4.78, 5) is 12.9. The molecule has 0 spiro atoms. The number of aromatic nitrogens is 4. The topological polar surface area (TPSA) is 64.7 Å². The summed E-state index contributed by atoms with van der Waals surface area (Å²) in [7, 11) is 0. The molecule has 3 aromatic heterocycles. The van der Waals surface area contributed by atoms with Crippen LogP contribution in [0.1, 0.15) is 26.5 Å². The molecule has 0 aliphatic carbocycles. The molecule has 0 radical (unpaired) electrons. The van der Waals surface area contributed by atoms with Crippen LogP contribution in [0.2, 0.25) is 0 Å². The van der Waals surface area contributed by atoms with Crippen LogP contribution >= 0.6 is 11.3 Å².